The fourth-order valence-corrected chi connectivity index (χ4v) is 1.39. The summed E-state index contributed by atoms with van der Waals surface area (Å²) in [7, 11) is 0. The number of hydrogen-bond donors (Lipinski definition) is 1. The first kappa shape index (κ1) is 11.0. The molecule has 0 aliphatic rings. The zero-order chi connectivity index (χ0) is 8.85. The van der Waals surface area contributed by atoms with Gasteiger partial charge in [-0.3, -0.25) is 0 Å². The Morgan fingerprint density at radius 1 is 1.09 bits per heavy atom. The molecule has 1 nitrogen and oxygen atoms in total. The van der Waals surface area contributed by atoms with Crippen LogP contribution >= 0.6 is 0 Å². The first-order valence-electron chi connectivity index (χ1n) is 4.81. The SMILES string of the molecule is CCC(C)CC(N)CC(C)C. The molecule has 0 spiro atoms. The Labute approximate surface area is 71.4 Å². The maximum absolute atomic E-state index is 5.95. The van der Waals surface area contributed by atoms with Crippen LogP contribution in [0.3, 0.4) is 0 Å². The molecule has 0 saturated carbocycles. The highest BCUT2D eigenvalue weighted by atomic mass is 14.6. The Bertz CT molecular complexity index is 88.9. The van der Waals surface area contributed by atoms with Gasteiger partial charge < -0.3 is 5.73 Å². The number of rotatable bonds is 5. The van der Waals surface area contributed by atoms with Crippen molar-refractivity contribution in [1.82, 2.24) is 0 Å². The Morgan fingerprint density at radius 3 is 2.00 bits per heavy atom. The minimum absolute atomic E-state index is 0.421. The average molecular weight is 157 g/mol. The fourth-order valence-electron chi connectivity index (χ4n) is 1.39. The van der Waals surface area contributed by atoms with Crippen LogP contribution in [0.15, 0.2) is 0 Å². The standard InChI is InChI=1S/C10H23N/c1-5-9(4)7-10(11)6-8(2)3/h8-10H,5-7,11H2,1-4H3. The van der Waals surface area contributed by atoms with Gasteiger partial charge in [0.15, 0.2) is 0 Å². The molecule has 11 heavy (non-hydrogen) atoms. The topological polar surface area (TPSA) is 26.0 Å². The van der Waals surface area contributed by atoms with Crippen molar-refractivity contribution in [3.63, 3.8) is 0 Å². The van der Waals surface area contributed by atoms with Crippen molar-refractivity contribution in [2.24, 2.45) is 17.6 Å². The molecule has 0 radical (unpaired) electrons. The Hall–Kier alpha value is -0.0400. The second kappa shape index (κ2) is 5.59. The van der Waals surface area contributed by atoms with Gasteiger partial charge in [-0.25, -0.2) is 0 Å². The zero-order valence-electron chi connectivity index (χ0n) is 8.43. The summed E-state index contributed by atoms with van der Waals surface area (Å²) in [6.45, 7) is 8.97. The second-order valence-electron chi connectivity index (χ2n) is 4.14. The van der Waals surface area contributed by atoms with E-state index >= 15 is 0 Å². The van der Waals surface area contributed by atoms with Gasteiger partial charge in [-0.2, -0.15) is 0 Å². The van der Waals surface area contributed by atoms with Crippen molar-refractivity contribution in [3.8, 4) is 0 Å². The first-order chi connectivity index (χ1) is 5.06. The van der Waals surface area contributed by atoms with Gasteiger partial charge in [0.2, 0.25) is 0 Å². The first-order valence-corrected chi connectivity index (χ1v) is 4.81. The van der Waals surface area contributed by atoms with Crippen LogP contribution < -0.4 is 5.73 Å². The van der Waals surface area contributed by atoms with Crippen molar-refractivity contribution in [3.05, 3.63) is 0 Å². The normalized spacial score (nSPS) is 16.9. The molecule has 0 saturated heterocycles. The van der Waals surface area contributed by atoms with Crippen LogP contribution in [0, 0.1) is 11.8 Å². The van der Waals surface area contributed by atoms with E-state index in [1.807, 2.05) is 0 Å². The number of nitrogens with two attached hydrogens (primary N) is 1. The average Bonchev–Trinajstić information content (AvgIpc) is 1.85. The predicted octanol–water partition coefficient (Wildman–Crippen LogP) is 2.80. The lowest BCUT2D eigenvalue weighted by Crippen LogP contribution is -2.24. The molecule has 0 amide bonds. The van der Waals surface area contributed by atoms with E-state index < -0.39 is 0 Å². The minimum Gasteiger partial charge on any atom is -0.328 e. The summed E-state index contributed by atoms with van der Waals surface area (Å²) in [5.41, 5.74) is 5.95. The van der Waals surface area contributed by atoms with Crippen molar-refractivity contribution >= 4 is 0 Å². The van der Waals surface area contributed by atoms with Crippen molar-refractivity contribution in [2.75, 3.05) is 0 Å². The van der Waals surface area contributed by atoms with E-state index in [0.717, 1.165) is 11.8 Å². The van der Waals surface area contributed by atoms with E-state index in [1.165, 1.54) is 19.3 Å². The molecule has 2 N–H and O–H groups in total. The van der Waals surface area contributed by atoms with Crippen molar-refractivity contribution < 1.29 is 0 Å². The van der Waals surface area contributed by atoms with Crippen molar-refractivity contribution in [1.29, 1.82) is 0 Å². The van der Waals surface area contributed by atoms with Crippen LogP contribution in [0.25, 0.3) is 0 Å². The summed E-state index contributed by atoms with van der Waals surface area (Å²) in [6, 6.07) is 0.421. The molecule has 0 aromatic carbocycles. The molecule has 0 heterocycles. The highest BCUT2D eigenvalue weighted by Crippen LogP contribution is 2.13. The summed E-state index contributed by atoms with van der Waals surface area (Å²) in [5.74, 6) is 1.54. The molecule has 0 aliphatic heterocycles. The third-order valence-corrected chi connectivity index (χ3v) is 2.18. The molecule has 0 fully saturated rings. The lowest BCUT2D eigenvalue weighted by atomic mass is 9.94. The monoisotopic (exact) mass is 157 g/mol. The molecule has 0 aromatic rings. The van der Waals surface area contributed by atoms with Crippen LogP contribution in [0.4, 0.5) is 0 Å². The molecule has 68 valence electrons. The lowest BCUT2D eigenvalue weighted by molar-refractivity contribution is 0.399. The van der Waals surface area contributed by atoms with E-state index in [0.29, 0.717) is 6.04 Å². The van der Waals surface area contributed by atoms with Crippen LogP contribution in [0.5, 0.6) is 0 Å². The Morgan fingerprint density at radius 2 is 1.64 bits per heavy atom. The molecular weight excluding hydrogens is 134 g/mol. The summed E-state index contributed by atoms with van der Waals surface area (Å²) < 4.78 is 0. The highest BCUT2D eigenvalue weighted by Gasteiger charge is 2.08. The van der Waals surface area contributed by atoms with E-state index in [2.05, 4.69) is 27.7 Å². The summed E-state index contributed by atoms with van der Waals surface area (Å²) in [6.07, 6.45) is 3.62. The van der Waals surface area contributed by atoms with E-state index in [1.54, 1.807) is 0 Å². The molecule has 0 bridgehead atoms. The summed E-state index contributed by atoms with van der Waals surface area (Å²) >= 11 is 0. The second-order valence-corrected chi connectivity index (χ2v) is 4.14. The van der Waals surface area contributed by atoms with Crippen LogP contribution in [-0.2, 0) is 0 Å². The molecule has 0 aliphatic carbocycles. The smallest absolute Gasteiger partial charge is 0.00437 e. The predicted molar refractivity (Wildman–Crippen MR) is 51.5 cm³/mol. The van der Waals surface area contributed by atoms with Gasteiger partial charge in [-0.1, -0.05) is 34.1 Å². The third-order valence-electron chi connectivity index (χ3n) is 2.18. The van der Waals surface area contributed by atoms with Crippen LogP contribution in [0.1, 0.15) is 47.0 Å². The van der Waals surface area contributed by atoms with Gasteiger partial charge >= 0.3 is 0 Å². The van der Waals surface area contributed by atoms with E-state index in [-0.39, 0.29) is 0 Å². The summed E-state index contributed by atoms with van der Waals surface area (Å²) in [5, 5.41) is 0. The molecule has 2 unspecified atom stereocenters. The Kier molecular flexibility index (Phi) is 5.57. The largest absolute Gasteiger partial charge is 0.328 e. The van der Waals surface area contributed by atoms with E-state index in [4.69, 9.17) is 5.73 Å². The number of hydrogen-bond acceptors (Lipinski definition) is 1. The van der Waals surface area contributed by atoms with Gasteiger partial charge in [0.05, 0.1) is 0 Å². The van der Waals surface area contributed by atoms with Gasteiger partial charge in [-0.05, 0) is 24.7 Å². The molecule has 0 aromatic heterocycles. The van der Waals surface area contributed by atoms with Gasteiger partial charge in [-0.15, -0.1) is 0 Å². The van der Waals surface area contributed by atoms with Crippen LogP contribution in [-0.4, -0.2) is 6.04 Å². The van der Waals surface area contributed by atoms with Gasteiger partial charge in [0, 0.05) is 6.04 Å². The molecule has 1 heteroatoms. The van der Waals surface area contributed by atoms with Crippen LogP contribution in [0.2, 0.25) is 0 Å². The molecule has 2 atom stereocenters. The molecular formula is C10H23N. The molecule has 0 rings (SSSR count). The Balaban J connectivity index is 3.43. The third kappa shape index (κ3) is 6.36. The lowest BCUT2D eigenvalue weighted by Gasteiger charge is -2.17. The quantitative estimate of drug-likeness (QED) is 0.652. The van der Waals surface area contributed by atoms with E-state index in [9.17, 15) is 0 Å². The van der Waals surface area contributed by atoms with Gasteiger partial charge in [0.25, 0.3) is 0 Å². The minimum atomic E-state index is 0.421. The van der Waals surface area contributed by atoms with Crippen molar-refractivity contribution in [2.45, 2.75) is 53.0 Å². The maximum Gasteiger partial charge on any atom is 0.00437 e. The van der Waals surface area contributed by atoms with Gasteiger partial charge in [0.1, 0.15) is 0 Å². The fraction of sp³-hybridized carbons (Fsp3) is 1.00. The highest BCUT2D eigenvalue weighted by molar-refractivity contribution is 4.66. The maximum atomic E-state index is 5.95. The summed E-state index contributed by atoms with van der Waals surface area (Å²) in [4.78, 5) is 0. The zero-order valence-corrected chi connectivity index (χ0v) is 8.43.